The fourth-order valence-corrected chi connectivity index (χ4v) is 2.75. The first-order valence-corrected chi connectivity index (χ1v) is 7.89. The Morgan fingerprint density at radius 3 is 2.39 bits per heavy atom. The van der Waals surface area contributed by atoms with Crippen molar-refractivity contribution in [1.29, 1.82) is 0 Å². The Morgan fingerprint density at radius 1 is 1.04 bits per heavy atom. The van der Waals surface area contributed by atoms with E-state index in [4.69, 9.17) is 9.47 Å². The second-order valence-corrected chi connectivity index (χ2v) is 5.45. The lowest BCUT2D eigenvalue weighted by molar-refractivity contribution is -0.130. The lowest BCUT2D eigenvalue weighted by Gasteiger charge is -2.23. The number of carbonyl (C=O) groups excluding carboxylic acids is 2. The van der Waals surface area contributed by atoms with E-state index in [1.807, 2.05) is 11.8 Å². The van der Waals surface area contributed by atoms with Gasteiger partial charge in [-0.3, -0.25) is 9.59 Å². The molecule has 1 aromatic rings. The Morgan fingerprint density at radius 2 is 1.74 bits per heavy atom. The summed E-state index contributed by atoms with van der Waals surface area (Å²) in [5.41, 5.74) is 0.488. The lowest BCUT2D eigenvalue weighted by atomic mass is 10.1. The Bertz CT molecular complexity index is 574. The molecule has 126 valence electrons. The molecule has 6 nitrogen and oxygen atoms in total. The molecular weight excluding hydrogens is 296 g/mol. The molecule has 0 aliphatic carbocycles. The summed E-state index contributed by atoms with van der Waals surface area (Å²) in [5.74, 6) is 1.19. The van der Waals surface area contributed by atoms with E-state index in [9.17, 15) is 9.59 Å². The molecule has 0 spiro atoms. The van der Waals surface area contributed by atoms with Crippen LogP contribution in [0.4, 0.5) is 0 Å². The van der Waals surface area contributed by atoms with Gasteiger partial charge in [0, 0.05) is 32.6 Å². The SMILES string of the molecule is CCC(=O)N1CCCN(C(=O)c2cc(OC)ccc2OC)CC1. The quantitative estimate of drug-likeness (QED) is 0.848. The molecule has 0 bridgehead atoms. The minimum atomic E-state index is -0.0912. The number of amides is 2. The summed E-state index contributed by atoms with van der Waals surface area (Å²) in [7, 11) is 3.11. The molecular formula is C17H24N2O4. The minimum Gasteiger partial charge on any atom is -0.497 e. The third-order valence-corrected chi connectivity index (χ3v) is 4.08. The molecule has 0 N–H and O–H groups in total. The van der Waals surface area contributed by atoms with E-state index < -0.39 is 0 Å². The van der Waals surface area contributed by atoms with Gasteiger partial charge in [0.25, 0.3) is 5.91 Å². The number of ether oxygens (including phenoxy) is 2. The summed E-state index contributed by atoms with van der Waals surface area (Å²) in [6.07, 6.45) is 1.28. The number of hydrogen-bond acceptors (Lipinski definition) is 4. The lowest BCUT2D eigenvalue weighted by Crippen LogP contribution is -2.37. The van der Waals surface area contributed by atoms with Gasteiger partial charge in [-0.2, -0.15) is 0 Å². The van der Waals surface area contributed by atoms with E-state index in [0.29, 0.717) is 49.7 Å². The number of hydrogen-bond donors (Lipinski definition) is 0. The Labute approximate surface area is 137 Å². The summed E-state index contributed by atoms with van der Waals surface area (Å²) in [6, 6.07) is 5.19. The highest BCUT2D eigenvalue weighted by Crippen LogP contribution is 2.25. The normalized spacial score (nSPS) is 15.1. The summed E-state index contributed by atoms with van der Waals surface area (Å²) in [4.78, 5) is 28.3. The van der Waals surface area contributed by atoms with Crippen LogP contribution in [0.1, 0.15) is 30.1 Å². The Kier molecular flexibility index (Phi) is 5.84. The maximum absolute atomic E-state index is 12.8. The zero-order valence-corrected chi connectivity index (χ0v) is 14.0. The largest absolute Gasteiger partial charge is 0.497 e. The van der Waals surface area contributed by atoms with Crippen LogP contribution >= 0.6 is 0 Å². The van der Waals surface area contributed by atoms with Crippen molar-refractivity contribution in [2.45, 2.75) is 19.8 Å². The third-order valence-electron chi connectivity index (χ3n) is 4.08. The molecule has 0 aromatic heterocycles. The van der Waals surface area contributed by atoms with Crippen molar-refractivity contribution < 1.29 is 19.1 Å². The zero-order valence-electron chi connectivity index (χ0n) is 14.0. The smallest absolute Gasteiger partial charge is 0.257 e. The molecule has 1 fully saturated rings. The van der Waals surface area contributed by atoms with Gasteiger partial charge >= 0.3 is 0 Å². The highest BCUT2D eigenvalue weighted by Gasteiger charge is 2.24. The first-order chi connectivity index (χ1) is 11.1. The van der Waals surface area contributed by atoms with E-state index >= 15 is 0 Å². The fraction of sp³-hybridized carbons (Fsp3) is 0.529. The zero-order chi connectivity index (χ0) is 16.8. The number of benzene rings is 1. The molecule has 2 rings (SSSR count). The van der Waals surface area contributed by atoms with Crippen LogP contribution in [-0.4, -0.2) is 62.0 Å². The van der Waals surface area contributed by atoms with Gasteiger partial charge in [0.2, 0.25) is 5.91 Å². The highest BCUT2D eigenvalue weighted by atomic mass is 16.5. The molecule has 0 radical (unpaired) electrons. The van der Waals surface area contributed by atoms with Crippen LogP contribution in [-0.2, 0) is 4.79 Å². The summed E-state index contributed by atoms with van der Waals surface area (Å²) in [6.45, 7) is 4.30. The topological polar surface area (TPSA) is 59.1 Å². The van der Waals surface area contributed by atoms with Gasteiger partial charge in [-0.15, -0.1) is 0 Å². The Balaban J connectivity index is 2.15. The first kappa shape index (κ1) is 17.1. The highest BCUT2D eigenvalue weighted by molar-refractivity contribution is 5.97. The van der Waals surface area contributed by atoms with E-state index in [0.717, 1.165) is 6.42 Å². The molecule has 0 unspecified atom stereocenters. The van der Waals surface area contributed by atoms with Crippen LogP contribution in [0, 0.1) is 0 Å². The average Bonchev–Trinajstić information content (AvgIpc) is 2.85. The second kappa shape index (κ2) is 7.85. The Hall–Kier alpha value is -2.24. The number of nitrogens with zero attached hydrogens (tertiary/aromatic N) is 2. The maximum Gasteiger partial charge on any atom is 0.257 e. The predicted molar refractivity (Wildman–Crippen MR) is 86.9 cm³/mol. The van der Waals surface area contributed by atoms with Crippen molar-refractivity contribution in [2.24, 2.45) is 0 Å². The van der Waals surface area contributed by atoms with Crippen molar-refractivity contribution in [3.8, 4) is 11.5 Å². The molecule has 1 aliphatic heterocycles. The van der Waals surface area contributed by atoms with Crippen molar-refractivity contribution in [3.63, 3.8) is 0 Å². The third kappa shape index (κ3) is 3.94. The van der Waals surface area contributed by atoms with E-state index in [2.05, 4.69) is 0 Å². The summed E-state index contributed by atoms with van der Waals surface area (Å²) < 4.78 is 10.5. The van der Waals surface area contributed by atoms with Gasteiger partial charge in [-0.05, 0) is 24.6 Å². The molecule has 1 heterocycles. The van der Waals surface area contributed by atoms with Crippen LogP contribution in [0.5, 0.6) is 11.5 Å². The molecule has 1 aliphatic rings. The van der Waals surface area contributed by atoms with Gasteiger partial charge in [-0.1, -0.05) is 6.92 Å². The monoisotopic (exact) mass is 320 g/mol. The van der Waals surface area contributed by atoms with Gasteiger partial charge in [0.1, 0.15) is 11.5 Å². The van der Waals surface area contributed by atoms with Crippen LogP contribution < -0.4 is 9.47 Å². The molecule has 1 aromatic carbocycles. The van der Waals surface area contributed by atoms with Crippen molar-refractivity contribution in [2.75, 3.05) is 40.4 Å². The van der Waals surface area contributed by atoms with Crippen LogP contribution in [0.25, 0.3) is 0 Å². The average molecular weight is 320 g/mol. The fourth-order valence-electron chi connectivity index (χ4n) is 2.75. The van der Waals surface area contributed by atoms with E-state index in [1.165, 1.54) is 0 Å². The van der Waals surface area contributed by atoms with Crippen LogP contribution in [0.15, 0.2) is 18.2 Å². The first-order valence-electron chi connectivity index (χ1n) is 7.89. The van der Waals surface area contributed by atoms with E-state index in [-0.39, 0.29) is 11.8 Å². The maximum atomic E-state index is 12.8. The van der Waals surface area contributed by atoms with Gasteiger partial charge in [0.15, 0.2) is 0 Å². The second-order valence-electron chi connectivity index (χ2n) is 5.45. The summed E-state index contributed by atoms with van der Waals surface area (Å²) in [5, 5.41) is 0. The predicted octanol–water partition coefficient (Wildman–Crippen LogP) is 1.79. The number of carbonyl (C=O) groups is 2. The van der Waals surface area contributed by atoms with Crippen LogP contribution in [0.2, 0.25) is 0 Å². The minimum absolute atomic E-state index is 0.0912. The molecule has 1 saturated heterocycles. The molecule has 6 heteroatoms. The standard InChI is InChI=1S/C17H24N2O4/c1-4-16(20)18-8-5-9-19(11-10-18)17(21)14-12-13(22-2)6-7-15(14)23-3/h6-7,12H,4-5,8-11H2,1-3H3. The van der Waals surface area contributed by atoms with Crippen molar-refractivity contribution in [1.82, 2.24) is 9.80 Å². The molecule has 0 saturated carbocycles. The molecule has 23 heavy (non-hydrogen) atoms. The van der Waals surface area contributed by atoms with Crippen molar-refractivity contribution in [3.05, 3.63) is 23.8 Å². The van der Waals surface area contributed by atoms with E-state index in [1.54, 1.807) is 37.3 Å². The molecule has 2 amide bonds. The molecule has 0 atom stereocenters. The number of rotatable bonds is 4. The van der Waals surface area contributed by atoms with Crippen LogP contribution in [0.3, 0.4) is 0 Å². The summed E-state index contributed by atoms with van der Waals surface area (Å²) >= 11 is 0. The van der Waals surface area contributed by atoms with Gasteiger partial charge in [0.05, 0.1) is 19.8 Å². The van der Waals surface area contributed by atoms with Crippen molar-refractivity contribution >= 4 is 11.8 Å². The van der Waals surface area contributed by atoms with Gasteiger partial charge in [-0.25, -0.2) is 0 Å². The number of methoxy groups -OCH3 is 2. The van der Waals surface area contributed by atoms with Gasteiger partial charge < -0.3 is 19.3 Å².